The first-order chi connectivity index (χ1) is 12.4. The summed E-state index contributed by atoms with van der Waals surface area (Å²) in [5.41, 5.74) is 3.53. The van der Waals surface area contributed by atoms with Crippen molar-refractivity contribution in [3.8, 4) is 0 Å². The number of hydrogen-bond donors (Lipinski definition) is 3. The Hall–Kier alpha value is -2.37. The van der Waals surface area contributed by atoms with Gasteiger partial charge < -0.3 is 15.5 Å². The van der Waals surface area contributed by atoms with E-state index in [-0.39, 0.29) is 24.9 Å². The molecule has 1 unspecified atom stereocenters. The highest BCUT2D eigenvalue weighted by Gasteiger charge is 2.17. The van der Waals surface area contributed by atoms with E-state index >= 15 is 0 Å². The second-order valence-electron chi connectivity index (χ2n) is 6.38. The number of aryl methyl sites for hydroxylation is 2. The molecule has 0 saturated heterocycles. The van der Waals surface area contributed by atoms with E-state index in [1.807, 2.05) is 51.1 Å². The van der Waals surface area contributed by atoms with Crippen molar-refractivity contribution in [3.63, 3.8) is 0 Å². The molecule has 0 aliphatic carbocycles. The number of quaternary nitrogens is 1. The fraction of sp³-hybridized carbons (Fsp3) is 0.300. The van der Waals surface area contributed by atoms with E-state index in [1.165, 1.54) is 0 Å². The zero-order valence-corrected chi connectivity index (χ0v) is 16.1. The van der Waals surface area contributed by atoms with Crippen LogP contribution in [0.15, 0.2) is 42.5 Å². The molecule has 3 N–H and O–H groups in total. The van der Waals surface area contributed by atoms with Crippen LogP contribution in [0.5, 0.6) is 0 Å². The summed E-state index contributed by atoms with van der Waals surface area (Å²) in [6.07, 6.45) is 0. The van der Waals surface area contributed by atoms with Gasteiger partial charge in [0.25, 0.3) is 11.8 Å². The van der Waals surface area contributed by atoms with E-state index in [2.05, 4.69) is 10.6 Å². The molecule has 1 atom stereocenters. The van der Waals surface area contributed by atoms with Crippen LogP contribution in [0.1, 0.15) is 18.1 Å². The number of carbonyl (C=O) groups excluding carboxylic acids is 2. The predicted octanol–water partition coefficient (Wildman–Crippen LogP) is 2.44. The van der Waals surface area contributed by atoms with E-state index < -0.39 is 0 Å². The van der Waals surface area contributed by atoms with E-state index in [4.69, 9.17) is 11.6 Å². The number of nitrogens with one attached hydrogen (secondary N) is 3. The van der Waals surface area contributed by atoms with Gasteiger partial charge in [-0.25, -0.2) is 0 Å². The fourth-order valence-corrected chi connectivity index (χ4v) is 2.70. The molecule has 138 valence electrons. The summed E-state index contributed by atoms with van der Waals surface area (Å²) in [6.45, 7) is 6.96. The highest BCUT2D eigenvalue weighted by molar-refractivity contribution is 6.31. The molecule has 2 aromatic carbocycles. The predicted molar refractivity (Wildman–Crippen MR) is 106 cm³/mol. The van der Waals surface area contributed by atoms with E-state index in [0.29, 0.717) is 17.3 Å². The Kier molecular flexibility index (Phi) is 7.18. The van der Waals surface area contributed by atoms with Crippen LogP contribution in [0, 0.1) is 13.8 Å². The Morgan fingerprint density at radius 2 is 1.58 bits per heavy atom. The molecule has 0 aliphatic rings. The molecule has 2 rings (SSSR count). The summed E-state index contributed by atoms with van der Waals surface area (Å²) in [4.78, 5) is 25.4. The summed E-state index contributed by atoms with van der Waals surface area (Å²) in [7, 11) is 0. The molecule has 0 spiro atoms. The van der Waals surface area contributed by atoms with E-state index in [1.54, 1.807) is 12.1 Å². The van der Waals surface area contributed by atoms with Crippen LogP contribution >= 0.6 is 11.6 Å². The highest BCUT2D eigenvalue weighted by atomic mass is 35.5. The minimum absolute atomic E-state index is 0.113. The average Bonchev–Trinajstić information content (AvgIpc) is 2.59. The van der Waals surface area contributed by atoms with E-state index in [9.17, 15) is 9.59 Å². The largest absolute Gasteiger partial charge is 0.321 e. The van der Waals surface area contributed by atoms with Crippen molar-refractivity contribution >= 4 is 34.8 Å². The Bertz CT molecular complexity index is 775. The zero-order valence-electron chi connectivity index (χ0n) is 15.4. The van der Waals surface area contributed by atoms with Crippen LogP contribution in [0.25, 0.3) is 0 Å². The molecular weight excluding hydrogens is 350 g/mol. The second-order valence-corrected chi connectivity index (χ2v) is 6.82. The Labute approximate surface area is 159 Å². The minimum atomic E-state index is -0.143. The van der Waals surface area contributed by atoms with Gasteiger partial charge >= 0.3 is 0 Å². The van der Waals surface area contributed by atoms with Gasteiger partial charge in [0, 0.05) is 16.4 Å². The van der Waals surface area contributed by atoms with Gasteiger partial charge in [0.1, 0.15) is 0 Å². The number of hydrogen-bond acceptors (Lipinski definition) is 2. The van der Waals surface area contributed by atoms with Crippen molar-refractivity contribution in [1.29, 1.82) is 0 Å². The Morgan fingerprint density at radius 3 is 2.19 bits per heavy atom. The number of anilines is 2. The molecule has 0 fully saturated rings. The molecule has 0 radical (unpaired) electrons. The monoisotopic (exact) mass is 374 g/mol. The van der Waals surface area contributed by atoms with Gasteiger partial charge in [-0.15, -0.1) is 0 Å². The number of amides is 2. The van der Waals surface area contributed by atoms with Crippen molar-refractivity contribution in [3.05, 3.63) is 58.6 Å². The van der Waals surface area contributed by atoms with Gasteiger partial charge in [-0.3, -0.25) is 9.59 Å². The molecule has 2 amide bonds. The maximum Gasteiger partial charge on any atom is 0.279 e. The molecule has 0 saturated carbocycles. The third kappa shape index (κ3) is 6.17. The van der Waals surface area contributed by atoms with Crippen molar-refractivity contribution in [2.75, 3.05) is 30.3 Å². The van der Waals surface area contributed by atoms with E-state index in [0.717, 1.165) is 21.7 Å². The summed E-state index contributed by atoms with van der Waals surface area (Å²) in [5.74, 6) is -0.257. The van der Waals surface area contributed by atoms with Crippen LogP contribution in [-0.2, 0) is 9.59 Å². The normalized spacial score (nSPS) is 11.7. The van der Waals surface area contributed by atoms with Crippen LogP contribution in [0.2, 0.25) is 5.02 Å². The summed E-state index contributed by atoms with van der Waals surface area (Å²) in [5, 5.41) is 6.31. The zero-order chi connectivity index (χ0) is 19.1. The number of halogens is 1. The number of rotatable bonds is 7. The molecule has 0 aliphatic heterocycles. The van der Waals surface area contributed by atoms with Gasteiger partial charge in [0.15, 0.2) is 13.1 Å². The lowest BCUT2D eigenvalue weighted by Crippen LogP contribution is -3.13. The fourth-order valence-electron chi connectivity index (χ4n) is 2.53. The first-order valence-electron chi connectivity index (χ1n) is 8.63. The molecule has 0 aromatic heterocycles. The number of carbonyl (C=O) groups is 2. The topological polar surface area (TPSA) is 62.6 Å². The Balaban J connectivity index is 1.89. The van der Waals surface area contributed by atoms with Gasteiger partial charge in [0.05, 0.1) is 6.54 Å². The van der Waals surface area contributed by atoms with Gasteiger partial charge in [-0.2, -0.15) is 0 Å². The van der Waals surface area contributed by atoms with Crippen molar-refractivity contribution in [1.82, 2.24) is 0 Å². The van der Waals surface area contributed by atoms with Crippen molar-refractivity contribution in [2.24, 2.45) is 0 Å². The summed E-state index contributed by atoms with van der Waals surface area (Å²) >= 11 is 5.98. The first kappa shape index (κ1) is 19.9. The van der Waals surface area contributed by atoms with Crippen LogP contribution < -0.4 is 15.5 Å². The molecule has 2 aromatic rings. The third-order valence-electron chi connectivity index (χ3n) is 4.13. The molecule has 6 heteroatoms. The molecule has 5 nitrogen and oxygen atoms in total. The molecule has 26 heavy (non-hydrogen) atoms. The van der Waals surface area contributed by atoms with Gasteiger partial charge in [0.2, 0.25) is 0 Å². The van der Waals surface area contributed by atoms with Crippen LogP contribution in [0.3, 0.4) is 0 Å². The Morgan fingerprint density at radius 1 is 0.962 bits per heavy atom. The molecule has 0 bridgehead atoms. The van der Waals surface area contributed by atoms with Crippen LogP contribution in [0.4, 0.5) is 11.4 Å². The quantitative estimate of drug-likeness (QED) is 0.697. The summed E-state index contributed by atoms with van der Waals surface area (Å²) in [6, 6.07) is 13.0. The smallest absolute Gasteiger partial charge is 0.279 e. The lowest BCUT2D eigenvalue weighted by atomic mass is 10.2. The standard InChI is InChI=1S/C20H24ClN3O2/c1-4-24(12-19(25)22-17-9-5-14(2)6-10-17)13-20(26)23-18-11-16(21)8-7-15(18)3/h5-11H,4,12-13H2,1-3H3,(H,22,25)(H,23,26)/p+1. The van der Waals surface area contributed by atoms with Crippen LogP contribution in [-0.4, -0.2) is 31.4 Å². The summed E-state index contributed by atoms with van der Waals surface area (Å²) < 4.78 is 0. The van der Waals surface area contributed by atoms with Crippen molar-refractivity contribution < 1.29 is 14.5 Å². The highest BCUT2D eigenvalue weighted by Crippen LogP contribution is 2.19. The second kappa shape index (κ2) is 9.36. The number of likely N-dealkylation sites (N-methyl/N-ethyl adjacent to an activating group) is 1. The first-order valence-corrected chi connectivity index (χ1v) is 9.01. The lowest BCUT2D eigenvalue weighted by molar-refractivity contribution is -0.881. The van der Waals surface area contributed by atoms with Gasteiger partial charge in [-0.1, -0.05) is 35.4 Å². The molecular formula is C20H25ClN3O2+. The maximum atomic E-state index is 12.3. The SMILES string of the molecule is CC[NH+](CC(=O)Nc1ccc(C)cc1)CC(=O)Nc1cc(Cl)ccc1C. The maximum absolute atomic E-state index is 12.3. The third-order valence-corrected chi connectivity index (χ3v) is 4.37. The van der Waals surface area contributed by atoms with Gasteiger partial charge in [-0.05, 0) is 50.6 Å². The minimum Gasteiger partial charge on any atom is -0.321 e. The lowest BCUT2D eigenvalue weighted by Gasteiger charge is -2.17. The average molecular weight is 375 g/mol. The van der Waals surface area contributed by atoms with Crippen molar-refractivity contribution in [2.45, 2.75) is 20.8 Å². The molecule has 0 heterocycles. The number of benzene rings is 2.